The van der Waals surface area contributed by atoms with Gasteiger partial charge in [-0.2, -0.15) is 0 Å². The number of nitro groups is 1. The van der Waals surface area contributed by atoms with Crippen LogP contribution in [0.15, 0.2) is 36.4 Å². The molecule has 0 radical (unpaired) electrons. The third-order valence-corrected chi connectivity index (χ3v) is 3.40. The lowest BCUT2D eigenvalue weighted by molar-refractivity contribution is -0.385. The van der Waals surface area contributed by atoms with Crippen LogP contribution in [0.1, 0.15) is 5.56 Å². The van der Waals surface area contributed by atoms with Crippen molar-refractivity contribution in [2.75, 3.05) is 5.32 Å². The molecule has 1 N–H and O–H groups in total. The Kier molecular flexibility index (Phi) is 4.32. The van der Waals surface area contributed by atoms with Gasteiger partial charge < -0.3 is 10.4 Å². The number of nitro benzene ring substituents is 1. The van der Waals surface area contributed by atoms with Gasteiger partial charge in [0, 0.05) is 24.4 Å². The number of rotatable bonds is 4. The van der Waals surface area contributed by atoms with Crippen LogP contribution in [-0.2, 0) is 6.54 Å². The summed E-state index contributed by atoms with van der Waals surface area (Å²) < 4.78 is 0. The Hall–Kier alpha value is -1.98. The lowest BCUT2D eigenvalue weighted by atomic mass is 10.1. The molecule has 7 heteroatoms. The minimum atomic E-state index is -0.540. The number of benzene rings is 2. The third kappa shape index (κ3) is 3.31. The van der Waals surface area contributed by atoms with Crippen LogP contribution in [0.4, 0.5) is 11.4 Å². The summed E-state index contributed by atoms with van der Waals surface area (Å²) >= 11 is 11.7. The first-order chi connectivity index (χ1) is 9.47. The molecule has 2 aromatic carbocycles. The Morgan fingerprint density at radius 2 is 1.85 bits per heavy atom. The Balaban J connectivity index is 2.15. The topological polar surface area (TPSA) is 78.2 Å². The average Bonchev–Trinajstić information content (AvgIpc) is 2.41. The zero-order valence-electron chi connectivity index (χ0n) is 10.1. The molecule has 104 valence electrons. The van der Waals surface area contributed by atoms with E-state index in [1.54, 1.807) is 18.2 Å². The van der Waals surface area contributed by atoms with Crippen molar-refractivity contribution in [2.24, 2.45) is 0 Å². The monoisotopic (exact) mass is 311 g/mol. The van der Waals surface area contributed by atoms with Gasteiger partial charge in [-0.1, -0.05) is 29.3 Å². The van der Waals surface area contributed by atoms with E-state index >= 15 is 0 Å². The number of nitrogens with one attached hydrogen (secondary N) is 1. The Bertz CT molecular complexity index is 662. The van der Waals surface area contributed by atoms with E-state index in [9.17, 15) is 15.2 Å². The zero-order chi connectivity index (χ0) is 14.7. The molecule has 0 atom stereocenters. The summed E-state index contributed by atoms with van der Waals surface area (Å²) in [7, 11) is 0. The second kappa shape index (κ2) is 5.98. The minimum Gasteiger partial charge on any atom is -0.872 e. The molecule has 0 aromatic heterocycles. The van der Waals surface area contributed by atoms with E-state index in [2.05, 4.69) is 5.32 Å². The van der Waals surface area contributed by atoms with Gasteiger partial charge in [0.1, 0.15) is 0 Å². The molecular formula is C13H9Cl2N2O3-. The van der Waals surface area contributed by atoms with Crippen LogP contribution in [0.3, 0.4) is 0 Å². The standard InChI is InChI=1S/C13H10Cl2N2O3/c14-11-3-1-9(6-12(11)15)16-7-8-5-10(17(19)20)2-4-13(8)18/h1-6,16,18H,7H2/p-1. The van der Waals surface area contributed by atoms with Crippen molar-refractivity contribution < 1.29 is 10.0 Å². The maximum absolute atomic E-state index is 11.6. The number of halogens is 2. The summed E-state index contributed by atoms with van der Waals surface area (Å²) in [5.41, 5.74) is 0.867. The van der Waals surface area contributed by atoms with Crippen LogP contribution < -0.4 is 10.4 Å². The summed E-state index contributed by atoms with van der Waals surface area (Å²) in [6, 6.07) is 8.57. The normalized spacial score (nSPS) is 10.3. The molecule has 0 saturated carbocycles. The molecule has 0 aliphatic rings. The van der Waals surface area contributed by atoms with Crippen molar-refractivity contribution in [3.05, 3.63) is 62.1 Å². The molecule has 0 bridgehead atoms. The Morgan fingerprint density at radius 1 is 1.10 bits per heavy atom. The van der Waals surface area contributed by atoms with E-state index in [1.807, 2.05) is 0 Å². The molecule has 20 heavy (non-hydrogen) atoms. The molecular weight excluding hydrogens is 303 g/mol. The molecule has 2 aromatic rings. The van der Waals surface area contributed by atoms with Crippen LogP contribution in [0.25, 0.3) is 0 Å². The summed E-state index contributed by atoms with van der Waals surface area (Å²) in [4.78, 5) is 10.1. The summed E-state index contributed by atoms with van der Waals surface area (Å²) in [5.74, 6) is -0.261. The molecule has 0 amide bonds. The van der Waals surface area contributed by atoms with Crippen LogP contribution in [0, 0.1) is 10.1 Å². The highest BCUT2D eigenvalue weighted by Crippen LogP contribution is 2.26. The van der Waals surface area contributed by atoms with Crippen molar-refractivity contribution >= 4 is 34.6 Å². The average molecular weight is 312 g/mol. The third-order valence-electron chi connectivity index (χ3n) is 2.66. The van der Waals surface area contributed by atoms with Crippen molar-refractivity contribution in [2.45, 2.75) is 6.54 Å². The highest BCUT2D eigenvalue weighted by atomic mass is 35.5. The van der Waals surface area contributed by atoms with Crippen molar-refractivity contribution in [3.8, 4) is 5.75 Å². The number of hydrogen-bond acceptors (Lipinski definition) is 4. The molecule has 0 aliphatic heterocycles. The molecule has 0 unspecified atom stereocenters. The lowest BCUT2D eigenvalue weighted by Crippen LogP contribution is -2.04. The predicted molar refractivity (Wildman–Crippen MR) is 76.3 cm³/mol. The first-order valence-corrected chi connectivity index (χ1v) is 6.36. The van der Waals surface area contributed by atoms with Crippen molar-refractivity contribution in [1.29, 1.82) is 0 Å². The fourth-order valence-corrected chi connectivity index (χ4v) is 1.92. The van der Waals surface area contributed by atoms with E-state index in [4.69, 9.17) is 23.2 Å². The van der Waals surface area contributed by atoms with Gasteiger partial charge in [0.05, 0.1) is 15.0 Å². The highest BCUT2D eigenvalue weighted by Gasteiger charge is 2.07. The smallest absolute Gasteiger partial charge is 0.269 e. The predicted octanol–water partition coefficient (Wildman–Crippen LogP) is 3.59. The van der Waals surface area contributed by atoms with Gasteiger partial charge in [-0.05, 0) is 23.8 Å². The van der Waals surface area contributed by atoms with Gasteiger partial charge in [-0.15, -0.1) is 5.75 Å². The molecule has 2 rings (SSSR count). The van der Waals surface area contributed by atoms with Crippen LogP contribution in [0.2, 0.25) is 10.0 Å². The second-order valence-electron chi connectivity index (χ2n) is 4.03. The van der Waals surface area contributed by atoms with Gasteiger partial charge in [0.15, 0.2) is 0 Å². The maximum atomic E-state index is 11.6. The van der Waals surface area contributed by atoms with E-state index in [0.717, 1.165) is 0 Å². The Labute approximate surface area is 124 Å². The van der Waals surface area contributed by atoms with Crippen LogP contribution >= 0.6 is 23.2 Å². The zero-order valence-corrected chi connectivity index (χ0v) is 11.6. The van der Waals surface area contributed by atoms with Crippen molar-refractivity contribution in [3.63, 3.8) is 0 Å². The first kappa shape index (κ1) is 14.4. The second-order valence-corrected chi connectivity index (χ2v) is 4.85. The highest BCUT2D eigenvalue weighted by molar-refractivity contribution is 6.42. The number of hydrogen-bond donors (Lipinski definition) is 1. The number of nitrogens with zero attached hydrogens (tertiary/aromatic N) is 1. The summed E-state index contributed by atoms with van der Waals surface area (Å²) in [6.07, 6.45) is 0. The van der Waals surface area contributed by atoms with E-state index in [0.29, 0.717) is 21.3 Å². The molecule has 5 nitrogen and oxygen atoms in total. The SMILES string of the molecule is O=[N+]([O-])c1ccc([O-])c(CNc2ccc(Cl)c(Cl)c2)c1. The van der Waals surface area contributed by atoms with E-state index in [-0.39, 0.29) is 18.0 Å². The molecule has 0 fully saturated rings. The number of non-ortho nitro benzene ring substituents is 1. The van der Waals surface area contributed by atoms with Gasteiger partial charge >= 0.3 is 0 Å². The van der Waals surface area contributed by atoms with Crippen molar-refractivity contribution in [1.82, 2.24) is 0 Å². The summed E-state index contributed by atoms with van der Waals surface area (Å²) in [5, 5.41) is 26.1. The van der Waals surface area contributed by atoms with Gasteiger partial charge in [0.25, 0.3) is 5.69 Å². The first-order valence-electron chi connectivity index (χ1n) is 5.60. The molecule has 0 saturated heterocycles. The largest absolute Gasteiger partial charge is 0.872 e. The van der Waals surface area contributed by atoms with Crippen LogP contribution in [-0.4, -0.2) is 4.92 Å². The minimum absolute atomic E-state index is 0.115. The Morgan fingerprint density at radius 3 is 2.50 bits per heavy atom. The van der Waals surface area contributed by atoms with Gasteiger partial charge in [0.2, 0.25) is 0 Å². The van der Waals surface area contributed by atoms with Gasteiger partial charge in [-0.25, -0.2) is 0 Å². The fourth-order valence-electron chi connectivity index (χ4n) is 1.62. The summed E-state index contributed by atoms with van der Waals surface area (Å²) in [6.45, 7) is 0.165. The quantitative estimate of drug-likeness (QED) is 0.691. The van der Waals surface area contributed by atoms with Crippen LogP contribution in [0.5, 0.6) is 5.75 Å². The molecule has 0 spiro atoms. The van der Waals surface area contributed by atoms with E-state index in [1.165, 1.54) is 18.2 Å². The molecule has 0 heterocycles. The lowest BCUT2D eigenvalue weighted by Gasteiger charge is -2.14. The fraction of sp³-hybridized carbons (Fsp3) is 0.0769. The maximum Gasteiger partial charge on any atom is 0.269 e. The van der Waals surface area contributed by atoms with Gasteiger partial charge in [-0.3, -0.25) is 10.1 Å². The number of anilines is 1. The molecule has 0 aliphatic carbocycles. The van der Waals surface area contributed by atoms with E-state index < -0.39 is 4.92 Å².